The van der Waals surface area contributed by atoms with Gasteiger partial charge in [0.25, 0.3) is 10.0 Å². The summed E-state index contributed by atoms with van der Waals surface area (Å²) in [6.07, 6.45) is -0.118. The number of guanidine groups is 1. The monoisotopic (exact) mass is 327 g/mol. The Morgan fingerprint density at radius 3 is 2.82 bits per heavy atom. The minimum atomic E-state index is -3.86. The zero-order chi connectivity index (χ0) is 16.3. The van der Waals surface area contributed by atoms with Gasteiger partial charge >= 0.3 is 5.97 Å². The molecule has 0 amide bonds. The van der Waals surface area contributed by atoms with E-state index in [-0.39, 0.29) is 23.8 Å². The van der Waals surface area contributed by atoms with Gasteiger partial charge < -0.3 is 20.1 Å². The number of sulfonamides is 1. The van der Waals surface area contributed by atoms with Gasteiger partial charge in [0, 0.05) is 19.7 Å². The quantitative estimate of drug-likeness (QED) is 0.829. The van der Waals surface area contributed by atoms with Crippen molar-refractivity contribution < 1.29 is 23.1 Å². The minimum absolute atomic E-state index is 0.0360. The summed E-state index contributed by atoms with van der Waals surface area (Å²) < 4.78 is 33.5. The topological polar surface area (TPSA) is 108 Å². The molecule has 0 spiro atoms. The number of hydrogen-bond acceptors (Lipinski definition) is 6. The Labute approximate surface area is 128 Å². The SMILES string of the molecule is CCOc1ccc2c(c1)S(=O)(=O)N=C(N(C)CCC(=O)O)N2. The molecule has 0 atom stereocenters. The number of fused-ring (bicyclic) bond motifs is 1. The summed E-state index contributed by atoms with van der Waals surface area (Å²) >= 11 is 0. The second kappa shape index (κ2) is 6.22. The summed E-state index contributed by atoms with van der Waals surface area (Å²) in [6.45, 7) is 2.38. The lowest BCUT2D eigenvalue weighted by Gasteiger charge is -2.25. The Morgan fingerprint density at radius 2 is 2.18 bits per heavy atom. The lowest BCUT2D eigenvalue weighted by Crippen LogP contribution is -2.37. The average molecular weight is 327 g/mol. The van der Waals surface area contributed by atoms with Crippen molar-refractivity contribution in [1.29, 1.82) is 0 Å². The van der Waals surface area contributed by atoms with Crippen LogP contribution in [0.2, 0.25) is 0 Å². The van der Waals surface area contributed by atoms with Crippen molar-refractivity contribution in [2.24, 2.45) is 4.40 Å². The van der Waals surface area contributed by atoms with Crippen molar-refractivity contribution in [2.75, 3.05) is 25.5 Å². The average Bonchev–Trinajstić information content (AvgIpc) is 2.45. The van der Waals surface area contributed by atoms with Gasteiger partial charge in [0.15, 0.2) is 0 Å². The van der Waals surface area contributed by atoms with Gasteiger partial charge in [0.05, 0.1) is 18.7 Å². The summed E-state index contributed by atoms with van der Waals surface area (Å²) in [5.74, 6) is -0.421. The molecule has 2 N–H and O–H groups in total. The molecule has 8 nitrogen and oxygen atoms in total. The molecule has 0 aliphatic carbocycles. The molecule has 0 fully saturated rings. The van der Waals surface area contributed by atoms with Crippen LogP contribution in [-0.4, -0.2) is 50.6 Å². The molecular formula is C13H17N3O5S. The van der Waals surface area contributed by atoms with Gasteiger partial charge in [-0.2, -0.15) is 8.42 Å². The Kier molecular flexibility index (Phi) is 4.55. The molecule has 2 rings (SSSR count). The molecule has 1 aromatic rings. The lowest BCUT2D eigenvalue weighted by molar-refractivity contribution is -0.137. The van der Waals surface area contributed by atoms with E-state index in [9.17, 15) is 13.2 Å². The maximum absolute atomic E-state index is 12.3. The van der Waals surface area contributed by atoms with Crippen molar-refractivity contribution in [3.63, 3.8) is 0 Å². The number of ether oxygens (including phenoxy) is 1. The number of nitrogens with one attached hydrogen (secondary N) is 1. The third-order valence-corrected chi connectivity index (χ3v) is 4.32. The van der Waals surface area contributed by atoms with Crippen molar-refractivity contribution in [1.82, 2.24) is 4.90 Å². The highest BCUT2D eigenvalue weighted by Gasteiger charge is 2.27. The third kappa shape index (κ3) is 3.48. The van der Waals surface area contributed by atoms with Crippen molar-refractivity contribution in [3.8, 4) is 5.75 Å². The fourth-order valence-electron chi connectivity index (χ4n) is 1.92. The molecule has 120 valence electrons. The molecule has 0 saturated carbocycles. The van der Waals surface area contributed by atoms with E-state index in [2.05, 4.69) is 9.71 Å². The largest absolute Gasteiger partial charge is 0.494 e. The summed E-state index contributed by atoms with van der Waals surface area (Å²) in [5, 5.41) is 11.6. The first-order valence-corrected chi connectivity index (χ1v) is 8.09. The van der Waals surface area contributed by atoms with Gasteiger partial charge in [-0.3, -0.25) is 4.79 Å². The molecule has 9 heteroatoms. The van der Waals surface area contributed by atoms with Crippen LogP contribution in [0.4, 0.5) is 5.69 Å². The van der Waals surface area contributed by atoms with E-state index in [0.29, 0.717) is 18.0 Å². The number of rotatable bonds is 5. The predicted octanol–water partition coefficient (Wildman–Crippen LogP) is 0.962. The fourth-order valence-corrected chi connectivity index (χ4v) is 3.09. The molecule has 0 radical (unpaired) electrons. The first-order chi connectivity index (χ1) is 10.3. The van der Waals surface area contributed by atoms with E-state index >= 15 is 0 Å². The first-order valence-electron chi connectivity index (χ1n) is 6.65. The van der Waals surface area contributed by atoms with Gasteiger partial charge in [-0.1, -0.05) is 0 Å². The van der Waals surface area contributed by atoms with Gasteiger partial charge in [0.1, 0.15) is 10.6 Å². The highest BCUT2D eigenvalue weighted by atomic mass is 32.2. The number of carbonyl (C=O) groups is 1. The van der Waals surface area contributed by atoms with Crippen molar-refractivity contribution in [2.45, 2.75) is 18.2 Å². The predicted molar refractivity (Wildman–Crippen MR) is 80.7 cm³/mol. The molecule has 1 heterocycles. The van der Waals surface area contributed by atoms with E-state index in [1.54, 1.807) is 26.1 Å². The number of benzene rings is 1. The Morgan fingerprint density at radius 1 is 1.45 bits per heavy atom. The zero-order valence-corrected chi connectivity index (χ0v) is 13.1. The molecular weight excluding hydrogens is 310 g/mol. The standard InChI is InChI=1S/C13H17N3O5S/c1-3-21-9-4-5-10-11(8-9)22(19,20)15-13(14-10)16(2)7-6-12(17)18/h4-5,8H,3,6-7H2,1-2H3,(H,14,15)(H,17,18). The molecule has 0 saturated heterocycles. The number of hydrogen-bond donors (Lipinski definition) is 2. The van der Waals surface area contributed by atoms with E-state index in [0.717, 1.165) is 0 Å². The van der Waals surface area contributed by atoms with Gasteiger partial charge in [0.2, 0.25) is 5.96 Å². The number of carboxylic acids is 1. The summed E-state index contributed by atoms with van der Waals surface area (Å²) in [4.78, 5) is 12.1. The fraction of sp³-hybridized carbons (Fsp3) is 0.385. The summed E-state index contributed by atoms with van der Waals surface area (Å²) in [5.41, 5.74) is 0.385. The third-order valence-electron chi connectivity index (χ3n) is 3.02. The van der Waals surface area contributed by atoms with E-state index < -0.39 is 16.0 Å². The van der Waals surface area contributed by atoms with Crippen molar-refractivity contribution >= 4 is 27.6 Å². The number of carboxylic acid groups (broad SMARTS) is 1. The molecule has 1 aromatic carbocycles. The smallest absolute Gasteiger partial charge is 0.305 e. The van der Waals surface area contributed by atoms with Gasteiger partial charge in [-0.15, -0.1) is 4.40 Å². The number of nitrogens with zero attached hydrogens (tertiary/aromatic N) is 2. The van der Waals surface area contributed by atoms with Crippen LogP contribution < -0.4 is 10.1 Å². The van der Waals surface area contributed by atoms with E-state index in [1.807, 2.05) is 0 Å². The van der Waals surface area contributed by atoms with Gasteiger partial charge in [-0.25, -0.2) is 0 Å². The first kappa shape index (κ1) is 16.1. The normalized spacial score (nSPS) is 15.3. The maximum Gasteiger partial charge on any atom is 0.305 e. The Hall–Kier alpha value is -2.29. The van der Waals surface area contributed by atoms with Crippen LogP contribution in [0.1, 0.15) is 13.3 Å². The van der Waals surface area contributed by atoms with Crippen LogP contribution in [0.3, 0.4) is 0 Å². The molecule has 1 aliphatic rings. The number of aliphatic carboxylic acids is 1. The lowest BCUT2D eigenvalue weighted by atomic mass is 10.3. The highest BCUT2D eigenvalue weighted by Crippen LogP contribution is 2.31. The zero-order valence-electron chi connectivity index (χ0n) is 12.2. The molecule has 0 bridgehead atoms. The van der Waals surface area contributed by atoms with Crippen LogP contribution in [0.5, 0.6) is 5.75 Å². The second-order valence-electron chi connectivity index (χ2n) is 4.67. The van der Waals surface area contributed by atoms with Crippen LogP contribution in [0.25, 0.3) is 0 Å². The van der Waals surface area contributed by atoms with E-state index in [1.165, 1.54) is 11.0 Å². The summed E-state index contributed by atoms with van der Waals surface area (Å²) in [7, 11) is -2.29. The molecule has 22 heavy (non-hydrogen) atoms. The Bertz CT molecular complexity index is 714. The summed E-state index contributed by atoms with van der Waals surface area (Å²) in [6, 6.07) is 4.67. The Balaban J connectivity index is 2.28. The number of anilines is 1. The minimum Gasteiger partial charge on any atom is -0.494 e. The van der Waals surface area contributed by atoms with Crippen LogP contribution in [0.15, 0.2) is 27.5 Å². The van der Waals surface area contributed by atoms with Crippen LogP contribution in [0, 0.1) is 0 Å². The molecule has 0 unspecified atom stereocenters. The van der Waals surface area contributed by atoms with E-state index in [4.69, 9.17) is 9.84 Å². The van der Waals surface area contributed by atoms with Crippen LogP contribution >= 0.6 is 0 Å². The van der Waals surface area contributed by atoms with Gasteiger partial charge in [-0.05, 0) is 19.1 Å². The molecule has 1 aliphatic heterocycles. The maximum atomic E-state index is 12.3. The second-order valence-corrected chi connectivity index (χ2v) is 6.24. The van der Waals surface area contributed by atoms with Crippen molar-refractivity contribution in [3.05, 3.63) is 18.2 Å². The molecule has 0 aromatic heterocycles. The van der Waals surface area contributed by atoms with Crippen LogP contribution in [-0.2, 0) is 14.8 Å². The highest BCUT2D eigenvalue weighted by molar-refractivity contribution is 7.90.